The highest BCUT2D eigenvalue weighted by molar-refractivity contribution is 7.90. The quantitative estimate of drug-likeness (QED) is 0.799. The maximum absolute atomic E-state index is 12.6. The van der Waals surface area contributed by atoms with E-state index in [-0.39, 0.29) is 23.4 Å². The van der Waals surface area contributed by atoms with Gasteiger partial charge in [0.15, 0.2) is 5.69 Å². The van der Waals surface area contributed by atoms with Gasteiger partial charge in [-0.1, -0.05) is 0 Å². The molecule has 1 aromatic rings. The number of carbonyl (C=O) groups is 1. The van der Waals surface area contributed by atoms with Crippen LogP contribution in [-0.4, -0.2) is 61.1 Å². The lowest BCUT2D eigenvalue weighted by atomic mass is 9.99. The van der Waals surface area contributed by atoms with Gasteiger partial charge in [0.25, 0.3) is 5.91 Å². The van der Waals surface area contributed by atoms with Crippen molar-refractivity contribution < 1.29 is 17.9 Å². The summed E-state index contributed by atoms with van der Waals surface area (Å²) in [5.74, 6) is 0.243. The average Bonchev–Trinajstić information content (AvgIpc) is 2.52. The third-order valence-electron chi connectivity index (χ3n) is 3.78. The topological polar surface area (TPSA) is 89.5 Å². The summed E-state index contributed by atoms with van der Waals surface area (Å²) < 4.78 is 27.6. The minimum atomic E-state index is -3.03. The molecule has 22 heavy (non-hydrogen) atoms. The van der Waals surface area contributed by atoms with Gasteiger partial charge in [0.05, 0.1) is 12.9 Å². The summed E-state index contributed by atoms with van der Waals surface area (Å²) in [6.07, 6.45) is 4.44. The van der Waals surface area contributed by atoms with E-state index in [1.54, 1.807) is 17.0 Å². The fraction of sp³-hybridized carbons (Fsp3) is 0.643. The molecule has 1 aliphatic heterocycles. The number of hydrogen-bond acceptors (Lipinski definition) is 6. The van der Waals surface area contributed by atoms with Gasteiger partial charge in [-0.25, -0.2) is 8.42 Å². The van der Waals surface area contributed by atoms with Crippen LogP contribution in [0.25, 0.3) is 0 Å². The molecule has 0 bridgehead atoms. The van der Waals surface area contributed by atoms with Crippen molar-refractivity contribution in [3.05, 3.63) is 17.8 Å². The molecule has 1 aromatic heterocycles. The Morgan fingerprint density at radius 1 is 1.36 bits per heavy atom. The van der Waals surface area contributed by atoms with Crippen LogP contribution in [0, 0.1) is 0 Å². The molecule has 1 unspecified atom stereocenters. The highest BCUT2D eigenvalue weighted by atomic mass is 32.2. The molecular weight excluding hydrogens is 306 g/mol. The van der Waals surface area contributed by atoms with Gasteiger partial charge in [0, 0.05) is 24.9 Å². The standard InChI is InChI=1S/C14H21N3O4S/c1-21-13-7-6-12(15-16-13)14(18)17-9-4-3-5-11(17)8-10-22(2,19)20/h6-7,11H,3-5,8-10H2,1-2H3. The number of methoxy groups -OCH3 is 1. The maximum Gasteiger partial charge on any atom is 0.274 e. The second kappa shape index (κ2) is 7.04. The lowest BCUT2D eigenvalue weighted by Gasteiger charge is -2.35. The number of sulfone groups is 1. The number of aromatic nitrogens is 2. The molecule has 1 aliphatic rings. The van der Waals surface area contributed by atoms with E-state index in [4.69, 9.17) is 4.74 Å². The zero-order valence-corrected chi connectivity index (χ0v) is 13.7. The van der Waals surface area contributed by atoms with Crippen LogP contribution in [0.3, 0.4) is 0 Å². The van der Waals surface area contributed by atoms with E-state index in [2.05, 4.69) is 10.2 Å². The van der Waals surface area contributed by atoms with Gasteiger partial charge in [0.1, 0.15) is 9.84 Å². The molecule has 1 amide bonds. The number of nitrogens with zero attached hydrogens (tertiary/aromatic N) is 3. The largest absolute Gasteiger partial charge is 0.480 e. The van der Waals surface area contributed by atoms with Crippen LogP contribution in [0.15, 0.2) is 12.1 Å². The van der Waals surface area contributed by atoms with Gasteiger partial charge < -0.3 is 9.64 Å². The van der Waals surface area contributed by atoms with Crippen LogP contribution < -0.4 is 4.74 Å². The van der Waals surface area contributed by atoms with Gasteiger partial charge in [-0.15, -0.1) is 10.2 Å². The second-order valence-corrected chi connectivity index (χ2v) is 7.79. The summed E-state index contributed by atoms with van der Waals surface area (Å²) in [6, 6.07) is 3.12. The Morgan fingerprint density at radius 2 is 2.14 bits per heavy atom. The summed E-state index contributed by atoms with van der Waals surface area (Å²) in [7, 11) is -1.55. The van der Waals surface area contributed by atoms with Crippen molar-refractivity contribution >= 4 is 15.7 Å². The molecule has 7 nitrogen and oxygen atoms in total. The first kappa shape index (κ1) is 16.7. The molecule has 2 rings (SSSR count). The van der Waals surface area contributed by atoms with Gasteiger partial charge in [-0.2, -0.15) is 0 Å². The number of hydrogen-bond donors (Lipinski definition) is 0. The molecule has 0 saturated carbocycles. The second-order valence-electron chi connectivity index (χ2n) is 5.53. The van der Waals surface area contributed by atoms with Crippen molar-refractivity contribution in [1.82, 2.24) is 15.1 Å². The van der Waals surface area contributed by atoms with Crippen molar-refractivity contribution in [3.8, 4) is 5.88 Å². The van der Waals surface area contributed by atoms with E-state index in [9.17, 15) is 13.2 Å². The Balaban J connectivity index is 2.10. The summed E-state index contributed by atoms with van der Waals surface area (Å²) in [5.41, 5.74) is 0.257. The Morgan fingerprint density at radius 3 is 2.73 bits per heavy atom. The number of amides is 1. The van der Waals surface area contributed by atoms with Crippen LogP contribution in [0.2, 0.25) is 0 Å². The van der Waals surface area contributed by atoms with Crippen molar-refractivity contribution in [2.75, 3.05) is 25.7 Å². The van der Waals surface area contributed by atoms with Crippen molar-refractivity contribution in [2.24, 2.45) is 0 Å². The highest BCUT2D eigenvalue weighted by Gasteiger charge is 2.29. The summed E-state index contributed by atoms with van der Waals surface area (Å²) >= 11 is 0. The molecule has 0 spiro atoms. The van der Waals surface area contributed by atoms with Crippen LogP contribution in [-0.2, 0) is 9.84 Å². The van der Waals surface area contributed by atoms with Gasteiger partial charge in [0.2, 0.25) is 5.88 Å². The monoisotopic (exact) mass is 327 g/mol. The molecule has 8 heteroatoms. The predicted octanol–water partition coefficient (Wildman–Crippen LogP) is 0.915. The van der Waals surface area contributed by atoms with E-state index in [0.717, 1.165) is 19.3 Å². The van der Waals surface area contributed by atoms with Crippen molar-refractivity contribution in [1.29, 1.82) is 0 Å². The molecule has 0 aromatic carbocycles. The minimum Gasteiger partial charge on any atom is -0.480 e. The summed E-state index contributed by atoms with van der Waals surface area (Å²) in [5, 5.41) is 7.69. The molecule has 1 saturated heterocycles. The Hall–Kier alpha value is -1.70. The fourth-order valence-electron chi connectivity index (χ4n) is 2.61. The van der Waals surface area contributed by atoms with Crippen LogP contribution in [0.5, 0.6) is 5.88 Å². The van der Waals surface area contributed by atoms with E-state index in [1.165, 1.54) is 13.4 Å². The third-order valence-corrected chi connectivity index (χ3v) is 4.76. The molecule has 0 radical (unpaired) electrons. The number of likely N-dealkylation sites (tertiary alicyclic amines) is 1. The number of ether oxygens (including phenoxy) is 1. The number of rotatable bonds is 5. The SMILES string of the molecule is COc1ccc(C(=O)N2CCCCC2CCS(C)(=O)=O)nn1. The number of carbonyl (C=O) groups excluding carboxylic acids is 1. The lowest BCUT2D eigenvalue weighted by molar-refractivity contribution is 0.0601. The molecule has 1 fully saturated rings. The van der Waals surface area contributed by atoms with Crippen molar-refractivity contribution in [3.63, 3.8) is 0 Å². The third kappa shape index (κ3) is 4.40. The predicted molar refractivity (Wildman–Crippen MR) is 81.6 cm³/mol. The van der Waals surface area contributed by atoms with E-state index in [1.807, 2.05) is 0 Å². The maximum atomic E-state index is 12.6. The first-order valence-electron chi connectivity index (χ1n) is 7.27. The summed E-state index contributed by atoms with van der Waals surface area (Å²) in [4.78, 5) is 14.3. The Labute approximate surface area is 130 Å². The molecule has 1 atom stereocenters. The Bertz CT molecular complexity index is 615. The van der Waals surface area contributed by atoms with Crippen LogP contribution in [0.4, 0.5) is 0 Å². The lowest BCUT2D eigenvalue weighted by Crippen LogP contribution is -2.44. The fourth-order valence-corrected chi connectivity index (χ4v) is 3.31. The van der Waals surface area contributed by atoms with Gasteiger partial charge >= 0.3 is 0 Å². The van der Waals surface area contributed by atoms with Gasteiger partial charge in [-0.3, -0.25) is 4.79 Å². The molecule has 2 heterocycles. The molecule has 0 N–H and O–H groups in total. The first-order chi connectivity index (χ1) is 10.4. The van der Waals surface area contributed by atoms with E-state index in [0.29, 0.717) is 18.8 Å². The van der Waals surface area contributed by atoms with Crippen LogP contribution >= 0.6 is 0 Å². The first-order valence-corrected chi connectivity index (χ1v) is 9.33. The Kier molecular flexibility index (Phi) is 5.33. The van der Waals surface area contributed by atoms with Crippen LogP contribution in [0.1, 0.15) is 36.2 Å². The molecular formula is C14H21N3O4S. The van der Waals surface area contributed by atoms with E-state index >= 15 is 0 Å². The summed E-state index contributed by atoms with van der Waals surface area (Å²) in [6.45, 7) is 0.626. The normalized spacial score (nSPS) is 19.0. The van der Waals surface area contributed by atoms with E-state index < -0.39 is 9.84 Å². The highest BCUT2D eigenvalue weighted by Crippen LogP contribution is 2.22. The molecule has 0 aliphatic carbocycles. The zero-order chi connectivity index (χ0) is 16.2. The smallest absolute Gasteiger partial charge is 0.274 e. The van der Waals surface area contributed by atoms with Crippen molar-refractivity contribution in [2.45, 2.75) is 31.7 Å². The number of piperidine rings is 1. The minimum absolute atomic E-state index is 0.0557. The average molecular weight is 327 g/mol. The zero-order valence-electron chi connectivity index (χ0n) is 12.9. The van der Waals surface area contributed by atoms with Gasteiger partial charge in [-0.05, 0) is 31.7 Å². The molecule has 122 valence electrons.